The normalized spacial score (nSPS) is 24.8. The third kappa shape index (κ3) is 3.15. The van der Waals surface area contributed by atoms with E-state index in [-0.39, 0.29) is 5.91 Å². The maximum absolute atomic E-state index is 11.0. The largest absolute Gasteiger partial charge is 0.335 e. The van der Waals surface area contributed by atoms with E-state index in [0.29, 0.717) is 6.04 Å². The molecule has 1 fully saturated rings. The minimum atomic E-state index is -0.0507. The van der Waals surface area contributed by atoms with Gasteiger partial charge < -0.3 is 10.6 Å². The summed E-state index contributed by atoms with van der Waals surface area (Å²) in [4.78, 5) is 15.8. The SMILES string of the molecule is CC(=O)Nc1ccc(NC2=NC3CCCC3CS2)cc1. The highest BCUT2D eigenvalue weighted by molar-refractivity contribution is 8.14. The molecular formula is C15H19N3OS. The van der Waals surface area contributed by atoms with Gasteiger partial charge in [-0.15, -0.1) is 0 Å². The van der Waals surface area contributed by atoms with Crippen LogP contribution in [0, 0.1) is 5.92 Å². The number of benzene rings is 1. The van der Waals surface area contributed by atoms with Crippen LogP contribution in [0.25, 0.3) is 0 Å². The van der Waals surface area contributed by atoms with Crippen LogP contribution >= 0.6 is 11.8 Å². The number of thioether (sulfide) groups is 1. The molecule has 3 rings (SSSR count). The van der Waals surface area contributed by atoms with Gasteiger partial charge >= 0.3 is 0 Å². The zero-order valence-electron chi connectivity index (χ0n) is 11.6. The van der Waals surface area contributed by atoms with Crippen LogP contribution in [0.3, 0.4) is 0 Å². The number of rotatable bonds is 2. The molecule has 0 saturated heterocycles. The number of nitrogens with zero attached hydrogens (tertiary/aromatic N) is 1. The van der Waals surface area contributed by atoms with Crippen LogP contribution in [-0.2, 0) is 4.79 Å². The third-order valence-electron chi connectivity index (χ3n) is 3.79. The van der Waals surface area contributed by atoms with Crippen molar-refractivity contribution in [2.24, 2.45) is 10.9 Å². The maximum atomic E-state index is 11.0. The second-order valence-electron chi connectivity index (χ2n) is 5.39. The van der Waals surface area contributed by atoms with E-state index < -0.39 is 0 Å². The number of anilines is 2. The van der Waals surface area contributed by atoms with Crippen LogP contribution < -0.4 is 10.6 Å². The van der Waals surface area contributed by atoms with Gasteiger partial charge in [-0.1, -0.05) is 18.2 Å². The molecule has 20 heavy (non-hydrogen) atoms. The zero-order chi connectivity index (χ0) is 13.9. The Morgan fingerprint density at radius 3 is 2.75 bits per heavy atom. The van der Waals surface area contributed by atoms with Crippen molar-refractivity contribution in [3.05, 3.63) is 24.3 Å². The van der Waals surface area contributed by atoms with Crippen LogP contribution in [0.2, 0.25) is 0 Å². The Morgan fingerprint density at radius 2 is 2.00 bits per heavy atom. The van der Waals surface area contributed by atoms with E-state index in [1.54, 1.807) is 0 Å². The van der Waals surface area contributed by atoms with Crippen molar-refractivity contribution < 1.29 is 4.79 Å². The van der Waals surface area contributed by atoms with E-state index in [2.05, 4.69) is 10.6 Å². The summed E-state index contributed by atoms with van der Waals surface area (Å²) in [5.41, 5.74) is 1.83. The van der Waals surface area contributed by atoms with Gasteiger partial charge in [-0.25, -0.2) is 0 Å². The lowest BCUT2D eigenvalue weighted by Gasteiger charge is -2.23. The van der Waals surface area contributed by atoms with Crippen molar-refractivity contribution in [1.29, 1.82) is 0 Å². The van der Waals surface area contributed by atoms with E-state index in [4.69, 9.17) is 4.99 Å². The minimum Gasteiger partial charge on any atom is -0.335 e. The van der Waals surface area contributed by atoms with Gasteiger partial charge in [-0.05, 0) is 43.0 Å². The Hall–Kier alpha value is -1.49. The van der Waals surface area contributed by atoms with E-state index in [1.807, 2.05) is 36.0 Å². The lowest BCUT2D eigenvalue weighted by molar-refractivity contribution is -0.114. The summed E-state index contributed by atoms with van der Waals surface area (Å²) in [5.74, 6) is 1.92. The molecule has 4 nitrogen and oxygen atoms in total. The van der Waals surface area contributed by atoms with Crippen molar-refractivity contribution in [3.8, 4) is 0 Å². The molecule has 0 spiro atoms. The zero-order valence-corrected chi connectivity index (χ0v) is 12.4. The quantitative estimate of drug-likeness (QED) is 0.878. The number of carbonyl (C=O) groups excluding carboxylic acids is 1. The molecule has 2 unspecified atom stereocenters. The van der Waals surface area contributed by atoms with Crippen molar-refractivity contribution in [2.45, 2.75) is 32.2 Å². The van der Waals surface area contributed by atoms with Gasteiger partial charge in [0.05, 0.1) is 6.04 Å². The smallest absolute Gasteiger partial charge is 0.221 e. The predicted molar refractivity (Wildman–Crippen MR) is 85.4 cm³/mol. The van der Waals surface area contributed by atoms with Crippen LogP contribution in [0.5, 0.6) is 0 Å². The molecule has 2 atom stereocenters. The standard InChI is InChI=1S/C15H19N3OS/c1-10(19)16-12-5-7-13(8-6-12)17-15-18-14-4-2-3-11(14)9-20-15/h5-8,11,14H,2-4,9H2,1H3,(H,16,19)(H,17,18). The van der Waals surface area contributed by atoms with Crippen molar-refractivity contribution in [3.63, 3.8) is 0 Å². The average molecular weight is 289 g/mol. The molecule has 5 heteroatoms. The Balaban J connectivity index is 1.64. The van der Waals surface area contributed by atoms with Gasteiger partial charge in [0.2, 0.25) is 5.91 Å². The number of amides is 1. The molecule has 1 aliphatic heterocycles. The van der Waals surface area contributed by atoms with Gasteiger partial charge in [0.25, 0.3) is 0 Å². The molecule has 0 bridgehead atoms. The Bertz CT molecular complexity index is 526. The van der Waals surface area contributed by atoms with E-state index in [9.17, 15) is 4.79 Å². The molecule has 1 amide bonds. The number of hydrogen-bond donors (Lipinski definition) is 2. The molecule has 0 radical (unpaired) electrons. The molecule has 0 aromatic heterocycles. The maximum Gasteiger partial charge on any atom is 0.221 e. The average Bonchev–Trinajstić information content (AvgIpc) is 2.88. The number of nitrogens with one attached hydrogen (secondary N) is 2. The highest BCUT2D eigenvalue weighted by atomic mass is 32.2. The fourth-order valence-corrected chi connectivity index (χ4v) is 3.95. The topological polar surface area (TPSA) is 53.5 Å². The van der Waals surface area contributed by atoms with E-state index >= 15 is 0 Å². The first kappa shape index (κ1) is 13.5. The summed E-state index contributed by atoms with van der Waals surface area (Å²) in [6, 6.07) is 8.26. The number of aliphatic imine (C=N–C) groups is 1. The summed E-state index contributed by atoms with van der Waals surface area (Å²) in [6.45, 7) is 1.51. The van der Waals surface area contributed by atoms with Crippen molar-refractivity contribution in [1.82, 2.24) is 0 Å². The van der Waals surface area contributed by atoms with Gasteiger partial charge in [0, 0.05) is 24.1 Å². The Morgan fingerprint density at radius 1 is 1.25 bits per heavy atom. The third-order valence-corrected chi connectivity index (χ3v) is 4.87. The highest BCUT2D eigenvalue weighted by Gasteiger charge is 2.30. The predicted octanol–water partition coefficient (Wildman–Crippen LogP) is 3.33. The summed E-state index contributed by atoms with van der Waals surface area (Å²) in [6.07, 6.45) is 3.88. The van der Waals surface area contributed by atoms with Gasteiger partial charge in [-0.3, -0.25) is 9.79 Å². The molecule has 1 heterocycles. The van der Waals surface area contributed by atoms with Gasteiger partial charge in [0.15, 0.2) is 5.17 Å². The molecule has 1 saturated carbocycles. The summed E-state index contributed by atoms with van der Waals surface area (Å²) < 4.78 is 0. The van der Waals surface area contributed by atoms with Gasteiger partial charge in [-0.2, -0.15) is 0 Å². The number of carbonyl (C=O) groups is 1. The first-order valence-corrected chi connectivity index (χ1v) is 8.04. The molecule has 106 valence electrons. The van der Waals surface area contributed by atoms with Crippen LogP contribution in [-0.4, -0.2) is 22.9 Å². The molecule has 1 aromatic rings. The van der Waals surface area contributed by atoms with Crippen LogP contribution in [0.1, 0.15) is 26.2 Å². The second-order valence-corrected chi connectivity index (χ2v) is 6.40. The van der Waals surface area contributed by atoms with E-state index in [0.717, 1.165) is 22.5 Å². The fourth-order valence-electron chi connectivity index (χ4n) is 2.79. The van der Waals surface area contributed by atoms with Crippen molar-refractivity contribution in [2.75, 3.05) is 16.4 Å². The second kappa shape index (κ2) is 5.87. The molecule has 1 aromatic carbocycles. The Kier molecular flexibility index (Phi) is 3.96. The van der Waals surface area contributed by atoms with Crippen molar-refractivity contribution >= 4 is 34.2 Å². The number of hydrogen-bond acceptors (Lipinski definition) is 4. The first-order chi connectivity index (χ1) is 9.70. The lowest BCUT2D eigenvalue weighted by atomic mass is 10.1. The minimum absolute atomic E-state index is 0.0507. The molecule has 2 aliphatic rings. The van der Waals surface area contributed by atoms with Gasteiger partial charge in [0.1, 0.15) is 0 Å². The number of fused-ring (bicyclic) bond motifs is 1. The molecule has 2 N–H and O–H groups in total. The lowest BCUT2D eigenvalue weighted by Crippen LogP contribution is -2.25. The fraction of sp³-hybridized carbons (Fsp3) is 0.467. The molecule has 1 aliphatic carbocycles. The first-order valence-electron chi connectivity index (χ1n) is 7.06. The monoisotopic (exact) mass is 289 g/mol. The summed E-state index contributed by atoms with van der Waals surface area (Å²) in [7, 11) is 0. The highest BCUT2D eigenvalue weighted by Crippen LogP contribution is 2.35. The van der Waals surface area contributed by atoms with Crippen LogP contribution in [0.4, 0.5) is 11.4 Å². The Labute approximate surface area is 123 Å². The summed E-state index contributed by atoms with van der Waals surface area (Å²) in [5, 5.41) is 7.17. The summed E-state index contributed by atoms with van der Waals surface area (Å²) >= 11 is 1.82. The molecular weight excluding hydrogens is 270 g/mol. The number of amidine groups is 1. The van der Waals surface area contributed by atoms with Crippen LogP contribution in [0.15, 0.2) is 29.3 Å². The van der Waals surface area contributed by atoms with E-state index in [1.165, 1.54) is 31.9 Å².